The molecule has 0 bridgehead atoms. The first kappa shape index (κ1) is 15.3. The van der Waals surface area contributed by atoms with E-state index in [0.717, 1.165) is 16.0 Å². The number of rotatable bonds is 6. The van der Waals surface area contributed by atoms with Gasteiger partial charge in [0.2, 0.25) is 0 Å². The van der Waals surface area contributed by atoms with E-state index in [9.17, 15) is 0 Å². The van der Waals surface area contributed by atoms with Crippen LogP contribution in [0.3, 0.4) is 0 Å². The average molecular weight is 432 g/mol. The Bertz CT molecular complexity index is 434. The van der Waals surface area contributed by atoms with Crippen molar-refractivity contribution in [2.75, 3.05) is 0 Å². The molecule has 0 aliphatic carbocycles. The number of hydrogen-bond acceptors (Lipinski definition) is 3. The summed E-state index contributed by atoms with van der Waals surface area (Å²) in [5.41, 5.74) is 3.52. The molecule has 0 saturated heterocycles. The number of nitrogens with zero attached hydrogens (tertiary/aromatic N) is 3. The fourth-order valence-corrected chi connectivity index (χ4v) is 3.94. The zero-order valence-electron chi connectivity index (χ0n) is 9.42. The SMILES string of the molecule is N#C[Se]Cc1cc(C[Se]C#N)cc(C[Se]C#N)c1. The zero-order valence-corrected chi connectivity index (χ0v) is 14.6. The molecule has 6 heteroatoms. The van der Waals surface area contributed by atoms with Crippen molar-refractivity contribution in [2.24, 2.45) is 0 Å². The summed E-state index contributed by atoms with van der Waals surface area (Å²) in [7, 11) is 0. The summed E-state index contributed by atoms with van der Waals surface area (Å²) in [6.45, 7) is 0. The van der Waals surface area contributed by atoms with Crippen molar-refractivity contribution >= 4 is 44.9 Å². The minimum absolute atomic E-state index is 0.0172. The van der Waals surface area contributed by atoms with Gasteiger partial charge in [0.25, 0.3) is 0 Å². The maximum absolute atomic E-state index is 8.65. The molecule has 0 heterocycles. The van der Waals surface area contributed by atoms with E-state index in [1.54, 1.807) is 0 Å². The Kier molecular flexibility index (Phi) is 7.84. The molecule has 0 N–H and O–H groups in total. The number of hydrogen-bond donors (Lipinski definition) is 0. The molecule has 0 atom stereocenters. The van der Waals surface area contributed by atoms with Gasteiger partial charge in [0, 0.05) is 0 Å². The summed E-state index contributed by atoms with van der Waals surface area (Å²) in [6.07, 6.45) is 0. The van der Waals surface area contributed by atoms with E-state index in [-0.39, 0.29) is 44.9 Å². The van der Waals surface area contributed by atoms with Gasteiger partial charge in [-0.3, -0.25) is 0 Å². The maximum atomic E-state index is 8.65. The second kappa shape index (κ2) is 9.21. The minimum atomic E-state index is -0.0172. The molecule has 1 aromatic carbocycles. The second-order valence-corrected chi connectivity index (χ2v) is 8.08. The first-order valence-corrected chi connectivity index (χ1v) is 11.1. The number of nitriles is 3. The normalized spacial score (nSPS) is 9.17. The van der Waals surface area contributed by atoms with Crippen LogP contribution in [-0.2, 0) is 16.0 Å². The Balaban J connectivity index is 2.86. The third-order valence-corrected chi connectivity index (χ3v) is 5.84. The van der Waals surface area contributed by atoms with Crippen molar-refractivity contribution in [3.8, 4) is 14.9 Å². The van der Waals surface area contributed by atoms with Crippen molar-refractivity contribution in [3.05, 3.63) is 34.9 Å². The second-order valence-electron chi connectivity index (χ2n) is 3.30. The molecule has 0 spiro atoms. The molecule has 0 amide bonds. The first-order valence-electron chi connectivity index (χ1n) is 4.94. The Hall–Kier alpha value is -0.752. The van der Waals surface area contributed by atoms with Crippen molar-refractivity contribution in [1.29, 1.82) is 15.8 Å². The molecule has 0 aliphatic heterocycles. The van der Waals surface area contributed by atoms with Gasteiger partial charge in [-0.15, -0.1) is 0 Å². The molecule has 0 aliphatic rings. The van der Waals surface area contributed by atoms with Gasteiger partial charge in [0.1, 0.15) is 0 Å². The van der Waals surface area contributed by atoms with Crippen LogP contribution >= 0.6 is 0 Å². The van der Waals surface area contributed by atoms with Gasteiger partial charge in [-0.25, -0.2) is 0 Å². The van der Waals surface area contributed by atoms with Crippen molar-refractivity contribution in [3.63, 3.8) is 0 Å². The molecule has 1 aromatic rings. The predicted molar refractivity (Wildman–Crippen MR) is 71.7 cm³/mol. The average Bonchev–Trinajstić information content (AvgIpc) is 2.40. The van der Waals surface area contributed by atoms with Crippen LogP contribution in [0.1, 0.15) is 16.7 Å². The summed E-state index contributed by atoms with van der Waals surface area (Å²) in [5, 5.41) is 28.4. The molecule has 0 aromatic heterocycles. The topological polar surface area (TPSA) is 71.4 Å². The van der Waals surface area contributed by atoms with Crippen LogP contribution in [0.2, 0.25) is 0 Å². The van der Waals surface area contributed by atoms with Gasteiger partial charge in [0.05, 0.1) is 0 Å². The Morgan fingerprint density at radius 3 is 1.17 bits per heavy atom. The molecular weight excluding hydrogens is 423 g/mol. The van der Waals surface area contributed by atoms with Gasteiger partial charge in [-0.1, -0.05) is 0 Å². The molecule has 0 fully saturated rings. The third kappa shape index (κ3) is 5.73. The molecule has 0 saturated carbocycles. The summed E-state index contributed by atoms with van der Waals surface area (Å²) in [5.74, 6) is 0. The van der Waals surface area contributed by atoms with Crippen molar-refractivity contribution < 1.29 is 0 Å². The number of benzene rings is 1. The van der Waals surface area contributed by atoms with E-state index in [1.807, 2.05) is 0 Å². The van der Waals surface area contributed by atoms with Gasteiger partial charge >= 0.3 is 126 Å². The van der Waals surface area contributed by atoms with E-state index in [0.29, 0.717) is 0 Å². The molecule has 0 radical (unpaired) electrons. The van der Waals surface area contributed by atoms with Gasteiger partial charge in [-0.05, 0) is 0 Å². The van der Waals surface area contributed by atoms with E-state index >= 15 is 0 Å². The van der Waals surface area contributed by atoms with Crippen LogP contribution in [0.5, 0.6) is 0 Å². The van der Waals surface area contributed by atoms with Crippen LogP contribution in [0.25, 0.3) is 0 Å². The molecule has 18 heavy (non-hydrogen) atoms. The van der Waals surface area contributed by atoms with E-state index < -0.39 is 0 Å². The Morgan fingerprint density at radius 2 is 0.944 bits per heavy atom. The molecule has 90 valence electrons. The zero-order chi connectivity index (χ0) is 13.2. The van der Waals surface area contributed by atoms with Gasteiger partial charge < -0.3 is 0 Å². The molecule has 1 rings (SSSR count). The van der Waals surface area contributed by atoms with Crippen LogP contribution in [-0.4, -0.2) is 44.9 Å². The molecule has 3 nitrogen and oxygen atoms in total. The summed E-state index contributed by atoms with van der Waals surface area (Å²) >= 11 is -0.0517. The third-order valence-electron chi connectivity index (χ3n) is 2.02. The quantitative estimate of drug-likeness (QED) is 0.623. The monoisotopic (exact) mass is 435 g/mol. The predicted octanol–water partition coefficient (Wildman–Crippen LogP) is 0.742. The summed E-state index contributed by atoms with van der Waals surface area (Å²) in [6, 6.07) is 6.29. The van der Waals surface area contributed by atoms with Crippen LogP contribution in [0.4, 0.5) is 0 Å². The van der Waals surface area contributed by atoms with Gasteiger partial charge in [-0.2, -0.15) is 0 Å². The van der Waals surface area contributed by atoms with Crippen LogP contribution in [0, 0.1) is 30.7 Å². The van der Waals surface area contributed by atoms with Crippen LogP contribution in [0.15, 0.2) is 18.2 Å². The molecular formula is C12H9N3Se3. The summed E-state index contributed by atoms with van der Waals surface area (Å²) < 4.78 is 0. The van der Waals surface area contributed by atoms with Crippen molar-refractivity contribution in [1.82, 2.24) is 0 Å². The molecule has 0 unspecified atom stereocenters. The van der Waals surface area contributed by atoms with E-state index in [2.05, 4.69) is 33.1 Å². The first-order chi connectivity index (χ1) is 8.80. The summed E-state index contributed by atoms with van der Waals surface area (Å²) in [4.78, 5) is 6.62. The van der Waals surface area contributed by atoms with Crippen LogP contribution < -0.4 is 0 Å². The van der Waals surface area contributed by atoms with E-state index in [1.165, 1.54) is 16.7 Å². The van der Waals surface area contributed by atoms with Crippen molar-refractivity contribution in [2.45, 2.75) is 16.0 Å². The van der Waals surface area contributed by atoms with E-state index in [4.69, 9.17) is 15.8 Å². The Labute approximate surface area is 126 Å². The fourth-order valence-electron chi connectivity index (χ4n) is 1.44. The standard InChI is InChI=1S/C12H9N3Se3/c13-7-16-4-10-1-11(5-17-8-14)3-12(2-10)6-18-9-15/h1-3H,4-6H2. The van der Waals surface area contributed by atoms with Gasteiger partial charge in [0.15, 0.2) is 0 Å². The Morgan fingerprint density at radius 1 is 0.667 bits per heavy atom. The fraction of sp³-hybridized carbons (Fsp3) is 0.250.